The van der Waals surface area contributed by atoms with E-state index in [2.05, 4.69) is 22.4 Å². The molecule has 1 heterocycles. The Hall–Kier alpha value is -1.32. The molecule has 15 heavy (non-hydrogen) atoms. The van der Waals surface area contributed by atoms with E-state index in [-0.39, 0.29) is 5.91 Å². The Kier molecular flexibility index (Phi) is 3.04. The lowest BCUT2D eigenvalue weighted by Crippen LogP contribution is -2.37. The highest BCUT2D eigenvalue weighted by atomic mass is 16.1. The fraction of sp³-hybridized carbons (Fsp3) is 0.636. The van der Waals surface area contributed by atoms with Crippen LogP contribution in [0.5, 0.6) is 0 Å². The molecule has 1 aliphatic rings. The van der Waals surface area contributed by atoms with E-state index in [1.165, 1.54) is 12.8 Å². The molecule has 82 valence electrons. The number of aromatic nitrogens is 2. The number of rotatable bonds is 2. The van der Waals surface area contributed by atoms with Gasteiger partial charge in [0.05, 0.1) is 11.8 Å². The average molecular weight is 207 g/mol. The normalized spacial score (nSPS) is 26.2. The van der Waals surface area contributed by atoms with Crippen LogP contribution in [0.4, 0.5) is 0 Å². The van der Waals surface area contributed by atoms with Gasteiger partial charge in [-0.3, -0.25) is 9.89 Å². The second-order valence-electron chi connectivity index (χ2n) is 4.43. The highest BCUT2D eigenvalue weighted by Gasteiger charge is 2.20. The summed E-state index contributed by atoms with van der Waals surface area (Å²) < 4.78 is 0. The second kappa shape index (κ2) is 4.47. The number of amides is 1. The molecule has 0 saturated heterocycles. The topological polar surface area (TPSA) is 57.8 Å². The van der Waals surface area contributed by atoms with Crippen LogP contribution in [0.3, 0.4) is 0 Å². The molecule has 2 rings (SSSR count). The molecular weight excluding hydrogens is 190 g/mol. The summed E-state index contributed by atoms with van der Waals surface area (Å²) in [5.41, 5.74) is 0.619. The van der Waals surface area contributed by atoms with Crippen molar-refractivity contribution in [2.45, 2.75) is 38.6 Å². The highest BCUT2D eigenvalue weighted by Crippen LogP contribution is 2.23. The highest BCUT2D eigenvalue weighted by molar-refractivity contribution is 5.93. The molecule has 0 spiro atoms. The first-order valence-electron chi connectivity index (χ1n) is 5.55. The van der Waals surface area contributed by atoms with Gasteiger partial charge in [0.2, 0.25) is 0 Å². The Bertz CT molecular complexity index is 321. The second-order valence-corrected chi connectivity index (χ2v) is 4.43. The molecule has 4 heteroatoms. The standard InChI is InChI=1S/C11H17N3O/c1-8-3-2-4-10(5-8)14-11(15)9-6-12-13-7-9/h6-8,10H,2-5H2,1H3,(H,12,13)(H,14,15). The molecule has 1 aromatic heterocycles. The van der Waals surface area contributed by atoms with Crippen LogP contribution in [0.25, 0.3) is 0 Å². The van der Waals surface area contributed by atoms with E-state index in [9.17, 15) is 4.79 Å². The Morgan fingerprint density at radius 1 is 1.60 bits per heavy atom. The quantitative estimate of drug-likeness (QED) is 0.775. The lowest BCUT2D eigenvalue weighted by molar-refractivity contribution is 0.0921. The van der Waals surface area contributed by atoms with Gasteiger partial charge >= 0.3 is 0 Å². The Morgan fingerprint density at radius 2 is 2.47 bits per heavy atom. The van der Waals surface area contributed by atoms with E-state index in [4.69, 9.17) is 0 Å². The summed E-state index contributed by atoms with van der Waals surface area (Å²) in [4.78, 5) is 11.7. The van der Waals surface area contributed by atoms with E-state index in [1.807, 2.05) is 0 Å². The van der Waals surface area contributed by atoms with Crippen molar-refractivity contribution < 1.29 is 4.79 Å². The minimum Gasteiger partial charge on any atom is -0.349 e. The molecule has 1 saturated carbocycles. The predicted octanol–water partition coefficient (Wildman–Crippen LogP) is 1.72. The molecule has 2 N–H and O–H groups in total. The van der Waals surface area contributed by atoms with Crippen molar-refractivity contribution in [1.82, 2.24) is 15.5 Å². The predicted molar refractivity (Wildman–Crippen MR) is 57.5 cm³/mol. The number of hydrogen-bond donors (Lipinski definition) is 2. The van der Waals surface area contributed by atoms with Crippen LogP contribution in [-0.4, -0.2) is 22.1 Å². The third-order valence-corrected chi connectivity index (χ3v) is 3.03. The monoisotopic (exact) mass is 207 g/mol. The molecule has 1 amide bonds. The van der Waals surface area contributed by atoms with E-state index in [1.54, 1.807) is 12.4 Å². The molecule has 1 aromatic rings. The van der Waals surface area contributed by atoms with Crippen LogP contribution in [0, 0.1) is 5.92 Å². The molecular formula is C11H17N3O. The van der Waals surface area contributed by atoms with Gasteiger partial charge in [-0.05, 0) is 18.8 Å². The Morgan fingerprint density at radius 3 is 3.13 bits per heavy atom. The van der Waals surface area contributed by atoms with Crippen molar-refractivity contribution in [1.29, 1.82) is 0 Å². The van der Waals surface area contributed by atoms with E-state index < -0.39 is 0 Å². The van der Waals surface area contributed by atoms with Gasteiger partial charge in [0, 0.05) is 12.2 Å². The molecule has 2 unspecified atom stereocenters. The number of H-pyrrole nitrogens is 1. The van der Waals surface area contributed by atoms with Gasteiger partial charge in [0.1, 0.15) is 0 Å². The molecule has 2 atom stereocenters. The maximum atomic E-state index is 11.7. The van der Waals surface area contributed by atoms with Gasteiger partial charge in [-0.25, -0.2) is 0 Å². The molecule has 1 fully saturated rings. The Balaban J connectivity index is 1.89. The van der Waals surface area contributed by atoms with Gasteiger partial charge < -0.3 is 5.32 Å². The fourth-order valence-electron chi connectivity index (χ4n) is 2.21. The van der Waals surface area contributed by atoms with Crippen LogP contribution in [0.1, 0.15) is 43.0 Å². The molecule has 0 bridgehead atoms. The van der Waals surface area contributed by atoms with Crippen molar-refractivity contribution in [3.63, 3.8) is 0 Å². The van der Waals surface area contributed by atoms with Crippen molar-refractivity contribution >= 4 is 5.91 Å². The Labute approximate surface area is 89.5 Å². The number of hydrogen-bond acceptors (Lipinski definition) is 2. The van der Waals surface area contributed by atoms with Crippen LogP contribution >= 0.6 is 0 Å². The summed E-state index contributed by atoms with van der Waals surface area (Å²) in [7, 11) is 0. The third kappa shape index (κ3) is 2.58. The van der Waals surface area contributed by atoms with Gasteiger partial charge in [0.25, 0.3) is 5.91 Å². The van der Waals surface area contributed by atoms with Gasteiger partial charge in [-0.15, -0.1) is 0 Å². The number of carbonyl (C=O) groups is 1. The minimum absolute atomic E-state index is 0.0112. The first-order chi connectivity index (χ1) is 7.25. The third-order valence-electron chi connectivity index (χ3n) is 3.03. The zero-order valence-corrected chi connectivity index (χ0v) is 8.99. The summed E-state index contributed by atoms with van der Waals surface area (Å²) >= 11 is 0. The zero-order chi connectivity index (χ0) is 10.7. The summed E-state index contributed by atoms with van der Waals surface area (Å²) in [5, 5.41) is 9.46. The lowest BCUT2D eigenvalue weighted by atomic mass is 9.87. The number of aromatic amines is 1. The molecule has 4 nitrogen and oxygen atoms in total. The van der Waals surface area contributed by atoms with Crippen molar-refractivity contribution in [2.75, 3.05) is 0 Å². The van der Waals surface area contributed by atoms with E-state index in [0.717, 1.165) is 18.8 Å². The van der Waals surface area contributed by atoms with Crippen molar-refractivity contribution in [3.05, 3.63) is 18.0 Å². The fourth-order valence-corrected chi connectivity index (χ4v) is 2.21. The van der Waals surface area contributed by atoms with Crippen LogP contribution in [0.15, 0.2) is 12.4 Å². The minimum atomic E-state index is -0.0112. The first-order valence-corrected chi connectivity index (χ1v) is 5.55. The van der Waals surface area contributed by atoms with Crippen molar-refractivity contribution in [2.24, 2.45) is 5.92 Å². The summed E-state index contributed by atoms with van der Waals surface area (Å²) in [6.45, 7) is 2.25. The summed E-state index contributed by atoms with van der Waals surface area (Å²) in [6, 6.07) is 0.344. The molecule has 0 aromatic carbocycles. The lowest BCUT2D eigenvalue weighted by Gasteiger charge is -2.27. The van der Waals surface area contributed by atoms with E-state index >= 15 is 0 Å². The number of carbonyl (C=O) groups excluding carboxylic acids is 1. The largest absolute Gasteiger partial charge is 0.349 e. The van der Waals surface area contributed by atoms with Crippen LogP contribution < -0.4 is 5.32 Å². The first kappa shape index (κ1) is 10.2. The van der Waals surface area contributed by atoms with Gasteiger partial charge in [-0.2, -0.15) is 5.10 Å². The van der Waals surface area contributed by atoms with Crippen molar-refractivity contribution in [3.8, 4) is 0 Å². The zero-order valence-electron chi connectivity index (χ0n) is 8.99. The molecule has 1 aliphatic carbocycles. The van der Waals surface area contributed by atoms with Gasteiger partial charge in [-0.1, -0.05) is 19.8 Å². The number of nitrogens with zero attached hydrogens (tertiary/aromatic N) is 1. The molecule has 0 aliphatic heterocycles. The summed E-state index contributed by atoms with van der Waals surface area (Å²) in [5.74, 6) is 0.719. The SMILES string of the molecule is CC1CCCC(NC(=O)c2cn[nH]c2)C1. The molecule has 0 radical (unpaired) electrons. The summed E-state index contributed by atoms with van der Waals surface area (Å²) in [6.07, 6.45) is 7.90. The maximum Gasteiger partial charge on any atom is 0.254 e. The smallest absolute Gasteiger partial charge is 0.254 e. The number of nitrogens with one attached hydrogen (secondary N) is 2. The van der Waals surface area contributed by atoms with Crippen LogP contribution in [0.2, 0.25) is 0 Å². The maximum absolute atomic E-state index is 11.7. The van der Waals surface area contributed by atoms with Crippen LogP contribution in [-0.2, 0) is 0 Å². The average Bonchev–Trinajstić information content (AvgIpc) is 2.70. The van der Waals surface area contributed by atoms with E-state index in [0.29, 0.717) is 11.6 Å². The van der Waals surface area contributed by atoms with Gasteiger partial charge in [0.15, 0.2) is 0 Å².